The molecule has 2 unspecified atom stereocenters. The predicted octanol–water partition coefficient (Wildman–Crippen LogP) is 3.05. The number of aliphatic hydroxyl groups is 1. The van der Waals surface area contributed by atoms with Gasteiger partial charge in [0, 0.05) is 17.5 Å². The highest BCUT2D eigenvalue weighted by molar-refractivity contribution is 8.02. The second-order valence-electron chi connectivity index (χ2n) is 10.1. The minimum atomic E-state index is -0.834. The van der Waals surface area contributed by atoms with Crippen LogP contribution in [0, 0.1) is 17.8 Å². The number of carbonyl (C=O) groups is 3. The number of carbonyl (C=O) groups excluding carboxylic acids is 3. The van der Waals surface area contributed by atoms with Crippen molar-refractivity contribution in [1.29, 1.82) is 0 Å². The Kier molecular flexibility index (Phi) is 8.04. The number of amides is 2. The van der Waals surface area contributed by atoms with E-state index >= 15 is 0 Å². The molecule has 200 valence electrons. The average Bonchev–Trinajstić information content (AvgIpc) is 3.53. The number of aliphatic hydroxyl groups excluding tert-OH is 1. The third kappa shape index (κ3) is 4.46. The molecule has 0 radical (unpaired) electrons. The number of rotatable bonds is 11. The molecule has 0 saturated carbocycles. The largest absolute Gasteiger partial charge is 0.497 e. The molecule has 3 saturated heterocycles. The number of thioether (sulfide) groups is 1. The van der Waals surface area contributed by atoms with Crippen molar-refractivity contribution in [3.63, 3.8) is 0 Å². The molecule has 37 heavy (non-hydrogen) atoms. The molecule has 8 nitrogen and oxygen atoms in total. The fourth-order valence-electron chi connectivity index (χ4n) is 6.21. The molecule has 1 spiro atoms. The lowest BCUT2D eigenvalue weighted by Crippen LogP contribution is -2.58. The van der Waals surface area contributed by atoms with Crippen LogP contribution in [0.25, 0.3) is 0 Å². The van der Waals surface area contributed by atoms with Crippen molar-refractivity contribution in [3.8, 4) is 5.75 Å². The summed E-state index contributed by atoms with van der Waals surface area (Å²) in [5.41, 5.74) is 0.655. The Morgan fingerprint density at radius 1 is 1.27 bits per heavy atom. The number of hydrogen-bond donors (Lipinski definition) is 1. The molecule has 2 amide bonds. The molecule has 2 bridgehead atoms. The molecule has 3 aliphatic heterocycles. The van der Waals surface area contributed by atoms with Gasteiger partial charge in [-0.1, -0.05) is 32.6 Å². The van der Waals surface area contributed by atoms with E-state index in [4.69, 9.17) is 9.47 Å². The van der Waals surface area contributed by atoms with E-state index in [0.717, 1.165) is 6.42 Å². The summed E-state index contributed by atoms with van der Waals surface area (Å²) in [6.45, 7) is 11.3. The first-order valence-corrected chi connectivity index (χ1v) is 13.6. The van der Waals surface area contributed by atoms with Crippen LogP contribution < -0.4 is 9.64 Å². The lowest BCUT2D eigenvalue weighted by Gasteiger charge is -2.40. The Labute approximate surface area is 222 Å². The molecule has 6 atom stereocenters. The van der Waals surface area contributed by atoms with Crippen LogP contribution in [0.2, 0.25) is 0 Å². The highest BCUT2D eigenvalue weighted by Crippen LogP contribution is 2.67. The number of anilines is 1. The van der Waals surface area contributed by atoms with Gasteiger partial charge in [0.15, 0.2) is 0 Å². The lowest BCUT2D eigenvalue weighted by atomic mass is 9.71. The number of benzene rings is 1. The maximum absolute atomic E-state index is 14.5. The van der Waals surface area contributed by atoms with Gasteiger partial charge in [-0.2, -0.15) is 0 Å². The fraction of sp³-hybridized carbons (Fsp3) is 0.536. The first-order valence-electron chi connectivity index (χ1n) is 12.7. The molecule has 1 aromatic rings. The van der Waals surface area contributed by atoms with Gasteiger partial charge in [-0.15, -0.1) is 18.3 Å². The molecule has 3 aliphatic rings. The number of hydrogen-bond acceptors (Lipinski definition) is 7. The number of methoxy groups -OCH3 is 1. The van der Waals surface area contributed by atoms with Crippen molar-refractivity contribution in [2.45, 2.75) is 48.8 Å². The number of fused-ring (bicyclic) bond motifs is 1. The molecule has 3 fully saturated rings. The summed E-state index contributed by atoms with van der Waals surface area (Å²) in [7, 11) is 1.58. The average molecular weight is 529 g/mol. The van der Waals surface area contributed by atoms with Crippen molar-refractivity contribution in [1.82, 2.24) is 4.90 Å². The van der Waals surface area contributed by atoms with Gasteiger partial charge < -0.3 is 24.4 Å². The lowest BCUT2D eigenvalue weighted by molar-refractivity contribution is -0.153. The Morgan fingerprint density at radius 3 is 2.54 bits per heavy atom. The van der Waals surface area contributed by atoms with Crippen LogP contribution in [0.5, 0.6) is 5.75 Å². The van der Waals surface area contributed by atoms with Gasteiger partial charge in [0.25, 0.3) is 5.91 Å². The van der Waals surface area contributed by atoms with Gasteiger partial charge >= 0.3 is 5.97 Å². The third-order valence-corrected chi connectivity index (χ3v) is 9.82. The van der Waals surface area contributed by atoms with Crippen molar-refractivity contribution < 1.29 is 29.0 Å². The summed E-state index contributed by atoms with van der Waals surface area (Å²) >= 11 is 1.58. The van der Waals surface area contributed by atoms with Crippen LogP contribution in [0.15, 0.2) is 49.6 Å². The van der Waals surface area contributed by atoms with Crippen molar-refractivity contribution in [2.75, 3.05) is 31.8 Å². The molecule has 1 N–H and O–H groups in total. The van der Waals surface area contributed by atoms with Gasteiger partial charge in [-0.3, -0.25) is 14.4 Å². The number of likely N-dealkylation sites (tertiary alicyclic amines) is 1. The van der Waals surface area contributed by atoms with E-state index in [2.05, 4.69) is 13.2 Å². The number of esters is 1. The van der Waals surface area contributed by atoms with Crippen LogP contribution in [0.4, 0.5) is 5.69 Å². The zero-order valence-electron chi connectivity index (χ0n) is 21.7. The summed E-state index contributed by atoms with van der Waals surface area (Å²) in [4.78, 5) is 45.0. The van der Waals surface area contributed by atoms with Crippen LogP contribution in [-0.4, -0.2) is 76.7 Å². The van der Waals surface area contributed by atoms with E-state index in [-0.39, 0.29) is 42.7 Å². The van der Waals surface area contributed by atoms with Crippen LogP contribution >= 0.6 is 11.8 Å². The summed E-state index contributed by atoms with van der Waals surface area (Å²) in [6, 6.07) is 5.77. The van der Waals surface area contributed by atoms with Gasteiger partial charge in [0.1, 0.15) is 18.4 Å². The number of nitrogens with zero attached hydrogens (tertiary/aromatic N) is 2. The Bertz CT molecular complexity index is 1060. The number of ether oxygens (including phenoxy) is 2. The zero-order chi connectivity index (χ0) is 26.9. The Balaban J connectivity index is 1.80. The minimum absolute atomic E-state index is 0.0720. The first-order chi connectivity index (χ1) is 17.7. The van der Waals surface area contributed by atoms with Crippen molar-refractivity contribution >= 4 is 35.2 Å². The molecular weight excluding hydrogens is 492 g/mol. The van der Waals surface area contributed by atoms with Crippen LogP contribution in [0.1, 0.15) is 26.7 Å². The Morgan fingerprint density at radius 2 is 1.97 bits per heavy atom. The Hall–Kier alpha value is -2.78. The predicted molar refractivity (Wildman–Crippen MR) is 143 cm³/mol. The second kappa shape index (κ2) is 10.9. The van der Waals surface area contributed by atoms with Gasteiger partial charge in [-0.25, -0.2) is 0 Å². The molecule has 0 aromatic heterocycles. The van der Waals surface area contributed by atoms with Crippen LogP contribution in [0.3, 0.4) is 0 Å². The summed E-state index contributed by atoms with van der Waals surface area (Å²) in [5, 5.41) is 10.3. The van der Waals surface area contributed by atoms with Crippen LogP contribution in [-0.2, 0) is 19.1 Å². The summed E-state index contributed by atoms with van der Waals surface area (Å²) < 4.78 is 9.91. The first kappa shape index (κ1) is 27.3. The molecule has 1 aromatic carbocycles. The molecular formula is C28H36N2O6S. The van der Waals surface area contributed by atoms with Crippen molar-refractivity contribution in [2.24, 2.45) is 17.8 Å². The second-order valence-corrected chi connectivity index (χ2v) is 11.8. The van der Waals surface area contributed by atoms with Gasteiger partial charge in [0.2, 0.25) is 5.91 Å². The SMILES string of the molecule is C=CCOC(=O)[C@@H]1[C@H]2C(=O)N([C@@H](CO)C(C)C)C(C(=O)N(CC=C)c3ccc(OC)cc3)C23CC[C@H]1S3. The molecule has 9 heteroatoms. The van der Waals surface area contributed by atoms with Crippen molar-refractivity contribution in [3.05, 3.63) is 49.6 Å². The highest BCUT2D eigenvalue weighted by Gasteiger charge is 2.75. The normalized spacial score (nSPS) is 28.7. The smallest absolute Gasteiger partial charge is 0.311 e. The monoisotopic (exact) mass is 528 g/mol. The molecule has 4 rings (SSSR count). The maximum atomic E-state index is 14.5. The van der Waals surface area contributed by atoms with Gasteiger partial charge in [-0.05, 0) is 43.0 Å². The maximum Gasteiger partial charge on any atom is 0.311 e. The van der Waals surface area contributed by atoms with E-state index in [0.29, 0.717) is 17.9 Å². The van der Waals surface area contributed by atoms with E-state index < -0.39 is 34.6 Å². The van der Waals surface area contributed by atoms with E-state index in [1.54, 1.807) is 59.0 Å². The zero-order valence-corrected chi connectivity index (χ0v) is 22.5. The third-order valence-electron chi connectivity index (χ3n) is 7.86. The quantitative estimate of drug-likeness (QED) is 0.348. The minimum Gasteiger partial charge on any atom is -0.497 e. The topological polar surface area (TPSA) is 96.4 Å². The van der Waals surface area contributed by atoms with Gasteiger partial charge in [0.05, 0.1) is 36.3 Å². The fourth-order valence-corrected chi connectivity index (χ4v) is 8.40. The summed E-state index contributed by atoms with van der Waals surface area (Å²) in [5.74, 6) is -1.67. The highest BCUT2D eigenvalue weighted by atomic mass is 32.2. The standard InChI is InChI=1S/C28H36N2O6S/c1-6-14-29(18-8-10-19(35-5)11-9-18)26(33)24-28-13-12-21(37-28)22(27(34)36-15-7-2)23(28)25(32)30(24)20(16-31)17(3)4/h6-11,17,20-24,31H,1-2,12-16H2,3-5H3/t20-,21+,22-,23-,24?,28?/m0/s1. The molecule has 3 heterocycles. The summed E-state index contributed by atoms with van der Waals surface area (Å²) in [6.07, 6.45) is 4.51. The van der Waals surface area contributed by atoms with E-state index in [9.17, 15) is 19.5 Å². The van der Waals surface area contributed by atoms with E-state index in [1.165, 1.54) is 6.08 Å². The van der Waals surface area contributed by atoms with E-state index in [1.807, 2.05) is 13.8 Å². The molecule has 0 aliphatic carbocycles.